The zero-order valence-corrected chi connectivity index (χ0v) is 5.94. The number of methoxy groups -OCH3 is 1. The van der Waals surface area contributed by atoms with Crippen LogP contribution in [0, 0.1) is 0 Å². The number of hydrogen-bond donors (Lipinski definition) is 1. The van der Waals surface area contributed by atoms with E-state index in [4.69, 9.17) is 10.5 Å². The largest absolute Gasteiger partial charge is 0.383 e. The Hall–Kier alpha value is -0.610. The van der Waals surface area contributed by atoms with Gasteiger partial charge in [-0.05, 0) is 0 Å². The molecule has 0 spiro atoms. The number of ether oxygens (including phenoxy) is 1. The molecule has 0 bridgehead atoms. The van der Waals surface area contributed by atoms with E-state index in [0.29, 0.717) is 12.4 Å². The van der Waals surface area contributed by atoms with Gasteiger partial charge in [0.15, 0.2) is 0 Å². The van der Waals surface area contributed by atoms with Crippen molar-refractivity contribution < 1.29 is 4.74 Å². The molecular weight excluding hydrogens is 136 g/mol. The van der Waals surface area contributed by atoms with Crippen LogP contribution in [0.25, 0.3) is 0 Å². The third kappa shape index (κ3) is 1.65. The third-order valence-corrected chi connectivity index (χ3v) is 1.68. The number of anilines is 1. The fourth-order valence-corrected chi connectivity index (χ4v) is 1.17. The fourth-order valence-electron chi connectivity index (χ4n) is 0.515. The molecule has 0 aliphatic carbocycles. The molecule has 0 atom stereocenters. The molecule has 1 heterocycles. The molecule has 0 unspecified atom stereocenters. The fraction of sp³-hybridized carbons (Fsp3) is 0.400. The van der Waals surface area contributed by atoms with Crippen molar-refractivity contribution in [1.82, 2.24) is 4.98 Å². The lowest BCUT2D eigenvalue weighted by Gasteiger charge is -1.88. The first-order chi connectivity index (χ1) is 4.33. The average molecular weight is 144 g/mol. The van der Waals surface area contributed by atoms with Crippen molar-refractivity contribution in [2.75, 3.05) is 12.8 Å². The van der Waals surface area contributed by atoms with Gasteiger partial charge in [0.2, 0.25) is 0 Å². The SMILES string of the molecule is COCc1nc(N)cs1. The lowest BCUT2D eigenvalue weighted by atomic mass is 10.7. The van der Waals surface area contributed by atoms with E-state index in [0.717, 1.165) is 5.01 Å². The normalized spacial score (nSPS) is 9.89. The van der Waals surface area contributed by atoms with E-state index < -0.39 is 0 Å². The lowest BCUT2D eigenvalue weighted by Crippen LogP contribution is -1.87. The minimum atomic E-state index is 0.557. The maximum Gasteiger partial charge on any atom is 0.134 e. The second-order valence-electron chi connectivity index (χ2n) is 1.60. The van der Waals surface area contributed by atoms with E-state index in [1.807, 2.05) is 0 Å². The summed E-state index contributed by atoms with van der Waals surface area (Å²) >= 11 is 1.51. The van der Waals surface area contributed by atoms with E-state index in [9.17, 15) is 0 Å². The summed E-state index contributed by atoms with van der Waals surface area (Å²) in [7, 11) is 1.64. The molecule has 0 amide bonds. The Labute approximate surface area is 57.5 Å². The quantitative estimate of drug-likeness (QED) is 0.670. The first-order valence-corrected chi connectivity index (χ1v) is 3.39. The van der Waals surface area contributed by atoms with Gasteiger partial charge >= 0.3 is 0 Å². The van der Waals surface area contributed by atoms with Gasteiger partial charge in [-0.25, -0.2) is 4.98 Å². The summed E-state index contributed by atoms with van der Waals surface area (Å²) in [5.74, 6) is 0.576. The van der Waals surface area contributed by atoms with Gasteiger partial charge in [-0.15, -0.1) is 11.3 Å². The van der Waals surface area contributed by atoms with E-state index in [2.05, 4.69) is 4.98 Å². The zero-order valence-electron chi connectivity index (χ0n) is 5.13. The second-order valence-corrected chi connectivity index (χ2v) is 2.54. The summed E-state index contributed by atoms with van der Waals surface area (Å²) in [6.45, 7) is 0.557. The first-order valence-electron chi connectivity index (χ1n) is 2.51. The number of aromatic nitrogens is 1. The summed E-state index contributed by atoms with van der Waals surface area (Å²) in [5, 5.41) is 2.73. The van der Waals surface area contributed by atoms with Gasteiger partial charge in [0.25, 0.3) is 0 Å². The number of nitrogen functional groups attached to an aromatic ring is 1. The molecule has 0 saturated carbocycles. The Morgan fingerprint density at radius 2 is 2.67 bits per heavy atom. The van der Waals surface area contributed by atoms with Crippen LogP contribution in [0.2, 0.25) is 0 Å². The molecule has 1 aromatic heterocycles. The predicted octanol–water partition coefficient (Wildman–Crippen LogP) is 0.872. The summed E-state index contributed by atoms with van der Waals surface area (Å²) < 4.78 is 4.83. The topological polar surface area (TPSA) is 48.1 Å². The number of rotatable bonds is 2. The van der Waals surface area contributed by atoms with Gasteiger partial charge in [0, 0.05) is 12.5 Å². The second kappa shape index (κ2) is 2.80. The minimum Gasteiger partial charge on any atom is -0.383 e. The summed E-state index contributed by atoms with van der Waals surface area (Å²) in [6, 6.07) is 0. The molecule has 2 N–H and O–H groups in total. The number of nitrogens with zero attached hydrogens (tertiary/aromatic N) is 1. The van der Waals surface area contributed by atoms with Crippen molar-refractivity contribution in [2.45, 2.75) is 6.61 Å². The Kier molecular flexibility index (Phi) is 2.02. The molecule has 1 rings (SSSR count). The predicted molar refractivity (Wildman–Crippen MR) is 37.2 cm³/mol. The number of nitrogens with two attached hydrogens (primary N) is 1. The van der Waals surface area contributed by atoms with Crippen LogP contribution >= 0.6 is 11.3 Å². The minimum absolute atomic E-state index is 0.557. The van der Waals surface area contributed by atoms with Crippen LogP contribution < -0.4 is 5.73 Å². The average Bonchev–Trinajstić information content (AvgIpc) is 2.17. The van der Waals surface area contributed by atoms with Crippen molar-refractivity contribution in [2.24, 2.45) is 0 Å². The monoisotopic (exact) mass is 144 g/mol. The number of hydrogen-bond acceptors (Lipinski definition) is 4. The van der Waals surface area contributed by atoms with Gasteiger partial charge in [0.05, 0.1) is 6.61 Å². The maximum absolute atomic E-state index is 5.35. The molecule has 50 valence electrons. The highest BCUT2D eigenvalue weighted by Crippen LogP contribution is 2.10. The molecule has 1 aromatic rings. The van der Waals surface area contributed by atoms with E-state index in [1.165, 1.54) is 11.3 Å². The highest BCUT2D eigenvalue weighted by Gasteiger charge is 1.95. The standard InChI is InChI=1S/C5H8N2OS/c1-8-2-5-7-4(6)3-9-5/h3H,2,6H2,1H3. The summed E-state index contributed by atoms with van der Waals surface area (Å²) in [5.41, 5.74) is 5.35. The van der Waals surface area contributed by atoms with Crippen molar-refractivity contribution in [1.29, 1.82) is 0 Å². The third-order valence-electron chi connectivity index (χ3n) is 0.837. The summed E-state index contributed by atoms with van der Waals surface area (Å²) in [4.78, 5) is 3.97. The molecule has 0 aromatic carbocycles. The smallest absolute Gasteiger partial charge is 0.134 e. The highest BCUT2D eigenvalue weighted by molar-refractivity contribution is 7.09. The van der Waals surface area contributed by atoms with E-state index in [1.54, 1.807) is 12.5 Å². The molecule has 0 aliphatic rings. The zero-order chi connectivity index (χ0) is 6.69. The molecular formula is C5H8N2OS. The van der Waals surface area contributed by atoms with Crippen LogP contribution in [0.15, 0.2) is 5.38 Å². The Bertz CT molecular complexity index is 187. The van der Waals surface area contributed by atoms with Crippen molar-refractivity contribution in [3.8, 4) is 0 Å². The van der Waals surface area contributed by atoms with E-state index in [-0.39, 0.29) is 0 Å². The van der Waals surface area contributed by atoms with Gasteiger partial charge < -0.3 is 10.5 Å². The molecule has 4 heteroatoms. The van der Waals surface area contributed by atoms with Crippen LogP contribution in [0.3, 0.4) is 0 Å². The van der Waals surface area contributed by atoms with Crippen LogP contribution in [0.4, 0.5) is 5.82 Å². The van der Waals surface area contributed by atoms with Crippen molar-refractivity contribution in [3.05, 3.63) is 10.4 Å². The Balaban J connectivity index is 2.61. The van der Waals surface area contributed by atoms with Crippen LogP contribution in [0.5, 0.6) is 0 Å². The van der Waals surface area contributed by atoms with Gasteiger partial charge in [-0.3, -0.25) is 0 Å². The Morgan fingerprint density at radius 3 is 3.11 bits per heavy atom. The molecule has 0 aliphatic heterocycles. The summed E-state index contributed by atoms with van der Waals surface area (Å²) in [6.07, 6.45) is 0. The Morgan fingerprint density at radius 1 is 1.89 bits per heavy atom. The molecule has 3 nitrogen and oxygen atoms in total. The van der Waals surface area contributed by atoms with Crippen LogP contribution in [-0.4, -0.2) is 12.1 Å². The van der Waals surface area contributed by atoms with Crippen LogP contribution in [-0.2, 0) is 11.3 Å². The molecule has 0 fully saturated rings. The first kappa shape index (κ1) is 6.51. The molecule has 9 heavy (non-hydrogen) atoms. The van der Waals surface area contributed by atoms with Gasteiger partial charge in [0.1, 0.15) is 10.8 Å². The molecule has 0 saturated heterocycles. The van der Waals surface area contributed by atoms with E-state index >= 15 is 0 Å². The maximum atomic E-state index is 5.35. The highest BCUT2D eigenvalue weighted by atomic mass is 32.1. The van der Waals surface area contributed by atoms with Crippen molar-refractivity contribution >= 4 is 17.2 Å². The van der Waals surface area contributed by atoms with Gasteiger partial charge in [-0.2, -0.15) is 0 Å². The molecule has 0 radical (unpaired) electrons. The lowest BCUT2D eigenvalue weighted by molar-refractivity contribution is 0.184. The number of thiazole rings is 1. The van der Waals surface area contributed by atoms with Gasteiger partial charge in [-0.1, -0.05) is 0 Å². The van der Waals surface area contributed by atoms with Crippen molar-refractivity contribution in [3.63, 3.8) is 0 Å². The van der Waals surface area contributed by atoms with Crippen LogP contribution in [0.1, 0.15) is 5.01 Å².